The summed E-state index contributed by atoms with van der Waals surface area (Å²) in [7, 11) is -1.30. The summed E-state index contributed by atoms with van der Waals surface area (Å²) >= 11 is 0. The van der Waals surface area contributed by atoms with Crippen molar-refractivity contribution in [1.82, 2.24) is 19.4 Å². The Morgan fingerprint density at radius 1 is 0.714 bits per heavy atom. The van der Waals surface area contributed by atoms with Crippen LogP contribution in [-0.4, -0.2) is 87.2 Å². The van der Waals surface area contributed by atoms with Gasteiger partial charge in [0.05, 0.1) is 4.90 Å². The molecule has 0 N–H and O–H groups in total. The van der Waals surface area contributed by atoms with Gasteiger partial charge < -0.3 is 14.7 Å². The van der Waals surface area contributed by atoms with Gasteiger partial charge in [-0.25, -0.2) is 8.42 Å². The molecular formula is C19H26N6O2S. The van der Waals surface area contributed by atoms with Crippen molar-refractivity contribution in [1.29, 1.82) is 0 Å². The molecule has 9 heteroatoms. The predicted octanol–water partition coefficient (Wildman–Crippen LogP) is 0.739. The molecule has 0 unspecified atom stereocenters. The summed E-state index contributed by atoms with van der Waals surface area (Å²) in [6, 6.07) is 12.6. The number of piperazine rings is 2. The van der Waals surface area contributed by atoms with Crippen molar-refractivity contribution in [3.05, 3.63) is 42.5 Å². The van der Waals surface area contributed by atoms with Crippen LogP contribution in [0.15, 0.2) is 47.4 Å². The Bertz CT molecular complexity index is 874. The maximum Gasteiger partial charge on any atom is 0.243 e. The molecule has 2 aromatic rings. The molecule has 4 rings (SSSR count). The first-order chi connectivity index (χ1) is 13.5. The Balaban J connectivity index is 1.37. The predicted molar refractivity (Wildman–Crippen MR) is 109 cm³/mol. The van der Waals surface area contributed by atoms with Gasteiger partial charge in [-0.2, -0.15) is 4.31 Å². The monoisotopic (exact) mass is 402 g/mol. The molecule has 0 radical (unpaired) electrons. The molecule has 1 aromatic heterocycles. The number of nitrogens with zero attached hydrogens (tertiary/aromatic N) is 6. The van der Waals surface area contributed by atoms with Crippen LogP contribution < -0.4 is 9.80 Å². The third-order valence-corrected chi connectivity index (χ3v) is 7.32. The van der Waals surface area contributed by atoms with Gasteiger partial charge in [-0.05, 0) is 31.3 Å². The Morgan fingerprint density at radius 2 is 1.21 bits per heavy atom. The van der Waals surface area contributed by atoms with Crippen LogP contribution in [0.4, 0.5) is 11.6 Å². The molecule has 3 heterocycles. The van der Waals surface area contributed by atoms with E-state index in [1.165, 1.54) is 0 Å². The minimum Gasteiger partial charge on any atom is -0.353 e. The van der Waals surface area contributed by atoms with E-state index in [0.717, 1.165) is 37.8 Å². The Hall–Kier alpha value is -2.23. The van der Waals surface area contributed by atoms with E-state index < -0.39 is 10.0 Å². The molecule has 2 fully saturated rings. The highest BCUT2D eigenvalue weighted by atomic mass is 32.2. The maximum atomic E-state index is 12.7. The molecule has 2 aliphatic rings. The van der Waals surface area contributed by atoms with Crippen LogP contribution >= 0.6 is 0 Å². The summed E-state index contributed by atoms with van der Waals surface area (Å²) in [5, 5.41) is 8.80. The number of hydrogen-bond donors (Lipinski definition) is 0. The molecule has 0 amide bonds. The minimum absolute atomic E-state index is 0.347. The van der Waals surface area contributed by atoms with Crippen LogP contribution in [0.2, 0.25) is 0 Å². The van der Waals surface area contributed by atoms with Gasteiger partial charge in [0.1, 0.15) is 0 Å². The molecule has 0 saturated carbocycles. The summed E-state index contributed by atoms with van der Waals surface area (Å²) in [6.07, 6.45) is 0. The van der Waals surface area contributed by atoms with Crippen molar-refractivity contribution in [2.45, 2.75) is 4.90 Å². The number of hydrogen-bond acceptors (Lipinski definition) is 7. The normalized spacial score (nSPS) is 19.8. The Morgan fingerprint density at radius 3 is 1.71 bits per heavy atom. The Labute approximate surface area is 166 Å². The van der Waals surface area contributed by atoms with Crippen molar-refractivity contribution < 1.29 is 8.42 Å². The number of rotatable bonds is 4. The number of likely N-dealkylation sites (N-methyl/N-ethyl adjacent to an activating group) is 1. The molecular weight excluding hydrogens is 376 g/mol. The van der Waals surface area contributed by atoms with Crippen LogP contribution in [0, 0.1) is 0 Å². The summed E-state index contributed by atoms with van der Waals surface area (Å²) in [6.45, 7) is 6.07. The molecule has 0 atom stereocenters. The average molecular weight is 403 g/mol. The number of aromatic nitrogens is 2. The minimum atomic E-state index is -3.43. The van der Waals surface area contributed by atoms with E-state index in [9.17, 15) is 8.42 Å². The standard InChI is InChI=1S/C19H26N6O2S/c1-22-9-11-23(12-10-22)18-7-8-19(21-20-18)24-13-15-25(16-14-24)28(26,27)17-5-3-2-4-6-17/h2-8H,9-16H2,1H3. The molecule has 0 aliphatic carbocycles. The van der Waals surface area contributed by atoms with Crippen LogP contribution in [0.25, 0.3) is 0 Å². The average Bonchev–Trinajstić information content (AvgIpc) is 2.75. The van der Waals surface area contributed by atoms with Gasteiger partial charge in [-0.15, -0.1) is 10.2 Å². The van der Waals surface area contributed by atoms with Crippen LogP contribution in [0.3, 0.4) is 0 Å². The molecule has 8 nitrogen and oxygen atoms in total. The quantitative estimate of drug-likeness (QED) is 0.747. The van der Waals surface area contributed by atoms with E-state index >= 15 is 0 Å². The zero-order chi connectivity index (χ0) is 19.6. The van der Waals surface area contributed by atoms with E-state index in [2.05, 4.69) is 31.9 Å². The van der Waals surface area contributed by atoms with E-state index in [1.807, 2.05) is 18.2 Å². The maximum absolute atomic E-state index is 12.7. The van der Waals surface area contributed by atoms with Crippen molar-refractivity contribution >= 4 is 21.7 Å². The topological polar surface area (TPSA) is 72.9 Å². The highest BCUT2D eigenvalue weighted by Gasteiger charge is 2.29. The Kier molecular flexibility index (Phi) is 5.47. The van der Waals surface area contributed by atoms with E-state index in [0.29, 0.717) is 31.1 Å². The molecule has 1 aromatic carbocycles. The molecule has 2 saturated heterocycles. The molecule has 150 valence electrons. The third-order valence-electron chi connectivity index (χ3n) is 5.41. The highest BCUT2D eigenvalue weighted by Crippen LogP contribution is 2.21. The van der Waals surface area contributed by atoms with Crippen LogP contribution in [0.5, 0.6) is 0 Å². The van der Waals surface area contributed by atoms with E-state index in [4.69, 9.17) is 0 Å². The zero-order valence-electron chi connectivity index (χ0n) is 16.1. The smallest absolute Gasteiger partial charge is 0.243 e. The summed E-state index contributed by atoms with van der Waals surface area (Å²) in [4.78, 5) is 7.00. The van der Waals surface area contributed by atoms with E-state index in [1.54, 1.807) is 28.6 Å². The van der Waals surface area contributed by atoms with Gasteiger partial charge in [0.25, 0.3) is 0 Å². The van der Waals surface area contributed by atoms with Crippen molar-refractivity contribution in [3.8, 4) is 0 Å². The molecule has 0 bridgehead atoms. The fraction of sp³-hybridized carbons (Fsp3) is 0.474. The first-order valence-corrected chi connectivity index (χ1v) is 11.1. The molecule has 0 spiro atoms. The van der Waals surface area contributed by atoms with Gasteiger partial charge in [-0.3, -0.25) is 0 Å². The lowest BCUT2D eigenvalue weighted by atomic mass is 10.3. The second-order valence-electron chi connectivity index (χ2n) is 7.24. The van der Waals surface area contributed by atoms with Gasteiger partial charge in [0.2, 0.25) is 10.0 Å². The second-order valence-corrected chi connectivity index (χ2v) is 9.18. The SMILES string of the molecule is CN1CCN(c2ccc(N3CCN(S(=O)(=O)c4ccccc4)CC3)nn2)CC1. The first kappa shape index (κ1) is 19.1. The second kappa shape index (κ2) is 8.02. The zero-order valence-corrected chi connectivity index (χ0v) is 16.9. The van der Waals surface area contributed by atoms with Crippen LogP contribution in [0.1, 0.15) is 0 Å². The first-order valence-electron chi connectivity index (χ1n) is 9.61. The van der Waals surface area contributed by atoms with Crippen molar-refractivity contribution in [2.75, 3.05) is 69.2 Å². The van der Waals surface area contributed by atoms with Gasteiger partial charge >= 0.3 is 0 Å². The van der Waals surface area contributed by atoms with E-state index in [-0.39, 0.29) is 0 Å². The number of anilines is 2. The number of benzene rings is 1. The highest BCUT2D eigenvalue weighted by molar-refractivity contribution is 7.89. The molecule has 2 aliphatic heterocycles. The van der Waals surface area contributed by atoms with Crippen LogP contribution in [-0.2, 0) is 10.0 Å². The summed E-state index contributed by atoms with van der Waals surface area (Å²) in [5.41, 5.74) is 0. The van der Waals surface area contributed by atoms with Crippen molar-refractivity contribution in [3.63, 3.8) is 0 Å². The fourth-order valence-electron chi connectivity index (χ4n) is 3.59. The lowest BCUT2D eigenvalue weighted by Gasteiger charge is -2.35. The summed E-state index contributed by atoms with van der Waals surface area (Å²) in [5.74, 6) is 1.71. The molecule has 28 heavy (non-hydrogen) atoms. The number of sulfonamides is 1. The van der Waals surface area contributed by atoms with Gasteiger partial charge in [0.15, 0.2) is 11.6 Å². The summed E-state index contributed by atoms with van der Waals surface area (Å²) < 4.78 is 27.0. The van der Waals surface area contributed by atoms with Gasteiger partial charge in [-0.1, -0.05) is 18.2 Å². The van der Waals surface area contributed by atoms with Crippen molar-refractivity contribution in [2.24, 2.45) is 0 Å². The van der Waals surface area contributed by atoms with Gasteiger partial charge in [0, 0.05) is 52.4 Å². The lowest BCUT2D eigenvalue weighted by molar-refractivity contribution is 0.312. The third kappa shape index (κ3) is 3.96. The fourth-order valence-corrected chi connectivity index (χ4v) is 5.03. The largest absolute Gasteiger partial charge is 0.353 e. The lowest BCUT2D eigenvalue weighted by Crippen LogP contribution is -2.49.